The van der Waals surface area contributed by atoms with Crippen LogP contribution < -0.4 is 5.32 Å². The van der Waals surface area contributed by atoms with Crippen molar-refractivity contribution in [2.24, 2.45) is 5.92 Å². The Balaban J connectivity index is 1.36. The van der Waals surface area contributed by atoms with Gasteiger partial charge in [0.1, 0.15) is 5.82 Å². The number of rotatable bonds is 6. The van der Waals surface area contributed by atoms with Crippen molar-refractivity contribution in [1.29, 1.82) is 0 Å². The molecule has 1 fully saturated rings. The van der Waals surface area contributed by atoms with E-state index in [0.717, 1.165) is 11.1 Å². The maximum atomic E-state index is 13.0. The van der Waals surface area contributed by atoms with Crippen molar-refractivity contribution in [3.63, 3.8) is 0 Å². The number of anilines is 1. The van der Waals surface area contributed by atoms with Crippen LogP contribution >= 0.6 is 0 Å². The van der Waals surface area contributed by atoms with Gasteiger partial charge in [-0.25, -0.2) is 13.4 Å². The number of ketones is 1. The maximum Gasteiger partial charge on any atom is 0.243 e. The van der Waals surface area contributed by atoms with E-state index in [9.17, 15) is 18.0 Å². The van der Waals surface area contributed by atoms with E-state index in [-0.39, 0.29) is 35.6 Å². The van der Waals surface area contributed by atoms with Crippen LogP contribution in [0, 0.1) is 5.92 Å². The molecular weight excluding hydrogens is 438 g/mol. The van der Waals surface area contributed by atoms with Gasteiger partial charge in [0.05, 0.1) is 4.90 Å². The van der Waals surface area contributed by atoms with Crippen molar-refractivity contribution < 1.29 is 18.0 Å². The molecule has 1 amide bonds. The Morgan fingerprint density at radius 3 is 2.30 bits per heavy atom. The first-order valence-corrected chi connectivity index (χ1v) is 12.2. The molecule has 1 aromatic heterocycles. The Labute approximate surface area is 193 Å². The van der Waals surface area contributed by atoms with E-state index in [4.69, 9.17) is 0 Å². The summed E-state index contributed by atoms with van der Waals surface area (Å²) in [6.07, 6.45) is 2.55. The zero-order valence-electron chi connectivity index (χ0n) is 18.3. The van der Waals surface area contributed by atoms with Crippen LogP contribution in [0.15, 0.2) is 77.8 Å². The predicted molar refractivity (Wildman–Crippen MR) is 126 cm³/mol. The number of aromatic nitrogens is 1. The highest BCUT2D eigenvalue weighted by atomic mass is 32.2. The van der Waals surface area contributed by atoms with Gasteiger partial charge in [-0.1, -0.05) is 42.5 Å². The molecule has 1 saturated heterocycles. The van der Waals surface area contributed by atoms with Crippen molar-refractivity contribution in [1.82, 2.24) is 9.29 Å². The molecular formula is C25H25N3O4S. The minimum atomic E-state index is -3.72. The van der Waals surface area contributed by atoms with Gasteiger partial charge in [0.25, 0.3) is 0 Å². The van der Waals surface area contributed by atoms with E-state index >= 15 is 0 Å². The van der Waals surface area contributed by atoms with Crippen molar-refractivity contribution in [2.45, 2.75) is 24.7 Å². The highest BCUT2D eigenvalue weighted by molar-refractivity contribution is 7.89. The molecule has 0 unspecified atom stereocenters. The number of carbonyl (C=O) groups excluding carboxylic acids is 2. The standard InChI is InChI=1S/C25H25N3O4S/c1-18(29)21-8-5-9-23(16-21)33(31,32)28-14-12-20(13-15-28)25(30)27-24-11-10-22(17-26-24)19-6-3-2-4-7-19/h2-11,16-17,20H,12-15H2,1H3,(H,26,27,30). The highest BCUT2D eigenvalue weighted by Crippen LogP contribution is 2.26. The summed E-state index contributed by atoms with van der Waals surface area (Å²) >= 11 is 0. The van der Waals surface area contributed by atoms with Gasteiger partial charge in [-0.05, 0) is 49.6 Å². The number of piperidine rings is 1. The van der Waals surface area contributed by atoms with E-state index < -0.39 is 10.0 Å². The lowest BCUT2D eigenvalue weighted by molar-refractivity contribution is -0.120. The third-order valence-corrected chi connectivity index (χ3v) is 7.72. The van der Waals surface area contributed by atoms with Gasteiger partial charge in [-0.3, -0.25) is 9.59 Å². The molecule has 170 valence electrons. The molecule has 2 aromatic carbocycles. The topological polar surface area (TPSA) is 96.4 Å². The lowest BCUT2D eigenvalue weighted by Gasteiger charge is -2.30. The molecule has 0 spiro atoms. The number of nitrogens with one attached hydrogen (secondary N) is 1. The van der Waals surface area contributed by atoms with Crippen LogP contribution in [0.2, 0.25) is 0 Å². The van der Waals surface area contributed by atoms with Crippen molar-refractivity contribution >= 4 is 27.5 Å². The normalized spacial score (nSPS) is 15.2. The number of amides is 1. The summed E-state index contributed by atoms with van der Waals surface area (Å²) in [5.74, 6) is -0.176. The monoisotopic (exact) mass is 463 g/mol. The second-order valence-electron chi connectivity index (χ2n) is 8.05. The number of carbonyl (C=O) groups is 2. The van der Waals surface area contributed by atoms with Crippen LogP contribution in [0.5, 0.6) is 0 Å². The van der Waals surface area contributed by atoms with Gasteiger partial charge in [0.15, 0.2) is 5.78 Å². The van der Waals surface area contributed by atoms with Crippen LogP contribution in [0.4, 0.5) is 5.82 Å². The summed E-state index contributed by atoms with van der Waals surface area (Å²) in [7, 11) is -3.72. The lowest BCUT2D eigenvalue weighted by Crippen LogP contribution is -2.41. The molecule has 0 aliphatic carbocycles. The summed E-state index contributed by atoms with van der Waals surface area (Å²) in [6, 6.07) is 19.6. The smallest absolute Gasteiger partial charge is 0.243 e. The summed E-state index contributed by atoms with van der Waals surface area (Å²) in [5.41, 5.74) is 2.36. The zero-order valence-corrected chi connectivity index (χ0v) is 19.1. The molecule has 8 heteroatoms. The van der Waals surface area contributed by atoms with E-state index in [2.05, 4.69) is 10.3 Å². The number of hydrogen-bond acceptors (Lipinski definition) is 5. The molecule has 0 atom stereocenters. The van der Waals surface area contributed by atoms with E-state index in [1.807, 2.05) is 36.4 Å². The first-order valence-electron chi connectivity index (χ1n) is 10.8. The summed E-state index contributed by atoms with van der Waals surface area (Å²) in [6.45, 7) is 1.89. The van der Waals surface area contributed by atoms with Crippen molar-refractivity contribution in [3.05, 3.63) is 78.5 Å². The van der Waals surface area contributed by atoms with E-state index in [1.54, 1.807) is 24.4 Å². The third kappa shape index (κ3) is 5.18. The van der Waals surface area contributed by atoms with Crippen LogP contribution in [-0.4, -0.2) is 42.5 Å². The minimum Gasteiger partial charge on any atom is -0.310 e. The Kier molecular flexibility index (Phi) is 6.67. The van der Waals surface area contributed by atoms with Gasteiger partial charge < -0.3 is 5.32 Å². The van der Waals surface area contributed by atoms with Crippen LogP contribution in [0.3, 0.4) is 0 Å². The van der Waals surface area contributed by atoms with Gasteiger partial charge in [0.2, 0.25) is 15.9 Å². The SMILES string of the molecule is CC(=O)c1cccc(S(=O)(=O)N2CCC(C(=O)Nc3ccc(-c4ccccc4)cn3)CC2)c1. The lowest BCUT2D eigenvalue weighted by atomic mass is 9.97. The fourth-order valence-corrected chi connectivity index (χ4v) is 5.40. The van der Waals surface area contributed by atoms with E-state index in [0.29, 0.717) is 24.2 Å². The minimum absolute atomic E-state index is 0.0980. The highest BCUT2D eigenvalue weighted by Gasteiger charge is 2.32. The van der Waals surface area contributed by atoms with Crippen molar-refractivity contribution in [3.8, 4) is 11.1 Å². The Hall–Kier alpha value is -3.36. The van der Waals surface area contributed by atoms with E-state index in [1.165, 1.54) is 23.4 Å². The molecule has 33 heavy (non-hydrogen) atoms. The largest absolute Gasteiger partial charge is 0.310 e. The van der Waals surface area contributed by atoms with Gasteiger partial charge >= 0.3 is 0 Å². The zero-order chi connectivity index (χ0) is 23.4. The summed E-state index contributed by atoms with van der Waals surface area (Å²) in [5, 5.41) is 2.84. The van der Waals surface area contributed by atoms with Gasteiger partial charge in [-0.2, -0.15) is 4.31 Å². The number of Topliss-reactive ketones (excluding diaryl/α,β-unsaturated/α-hetero) is 1. The molecule has 0 bridgehead atoms. The molecule has 1 aliphatic heterocycles. The predicted octanol–water partition coefficient (Wildman–Crippen LogP) is 3.99. The molecule has 2 heterocycles. The second-order valence-corrected chi connectivity index (χ2v) is 9.99. The number of nitrogens with zero attached hydrogens (tertiary/aromatic N) is 2. The fraction of sp³-hybridized carbons (Fsp3) is 0.240. The van der Waals surface area contributed by atoms with Crippen LogP contribution in [0.25, 0.3) is 11.1 Å². The van der Waals surface area contributed by atoms with Gasteiger partial charge in [0, 0.05) is 36.3 Å². The first-order chi connectivity index (χ1) is 15.8. The summed E-state index contributed by atoms with van der Waals surface area (Å²) < 4.78 is 27.3. The number of hydrogen-bond donors (Lipinski definition) is 1. The number of sulfonamides is 1. The molecule has 0 radical (unpaired) electrons. The van der Waals surface area contributed by atoms with Gasteiger partial charge in [-0.15, -0.1) is 0 Å². The molecule has 1 aliphatic rings. The first kappa shape index (κ1) is 22.8. The average molecular weight is 464 g/mol. The second kappa shape index (κ2) is 9.64. The summed E-state index contributed by atoms with van der Waals surface area (Å²) in [4.78, 5) is 28.8. The Morgan fingerprint density at radius 2 is 1.67 bits per heavy atom. The average Bonchev–Trinajstić information content (AvgIpc) is 2.85. The van der Waals surface area contributed by atoms with Crippen molar-refractivity contribution in [2.75, 3.05) is 18.4 Å². The molecule has 0 saturated carbocycles. The molecule has 3 aromatic rings. The Morgan fingerprint density at radius 1 is 0.939 bits per heavy atom. The van der Waals surface area contributed by atoms with Crippen LogP contribution in [-0.2, 0) is 14.8 Å². The third-order valence-electron chi connectivity index (χ3n) is 5.82. The molecule has 4 rings (SSSR count). The number of benzene rings is 2. The maximum absolute atomic E-state index is 13.0. The molecule has 7 nitrogen and oxygen atoms in total. The quantitative estimate of drug-likeness (QED) is 0.558. The van der Waals surface area contributed by atoms with Crippen LogP contribution in [0.1, 0.15) is 30.1 Å². The fourth-order valence-electron chi connectivity index (χ4n) is 3.88. The molecule has 1 N–H and O–H groups in total. The number of pyridine rings is 1. The Bertz CT molecular complexity index is 1250.